The standard InChI is InChI=1S/C14H21NO3/c1-3-10(2)11-5-4-6-12(7-11)14(18)15-13(8-16)9-17/h4-7,10,13,16-17H,3,8-9H2,1-2H3,(H,15,18). The molecule has 0 aromatic heterocycles. The molecule has 1 aromatic rings. The first kappa shape index (κ1) is 14.7. The van der Waals surface area contributed by atoms with Gasteiger partial charge in [-0.3, -0.25) is 4.79 Å². The molecule has 18 heavy (non-hydrogen) atoms. The van der Waals surface area contributed by atoms with E-state index in [9.17, 15) is 4.79 Å². The van der Waals surface area contributed by atoms with Crippen molar-refractivity contribution in [2.45, 2.75) is 32.2 Å². The maximum atomic E-state index is 11.9. The van der Waals surface area contributed by atoms with Crippen molar-refractivity contribution in [1.82, 2.24) is 5.32 Å². The van der Waals surface area contributed by atoms with Gasteiger partial charge in [-0.2, -0.15) is 0 Å². The van der Waals surface area contributed by atoms with Gasteiger partial charge >= 0.3 is 0 Å². The highest BCUT2D eigenvalue weighted by Crippen LogP contribution is 2.19. The van der Waals surface area contributed by atoms with Gasteiger partial charge in [-0.25, -0.2) is 0 Å². The Labute approximate surface area is 108 Å². The lowest BCUT2D eigenvalue weighted by Crippen LogP contribution is -2.40. The van der Waals surface area contributed by atoms with Crippen LogP contribution in [0.1, 0.15) is 42.1 Å². The fourth-order valence-electron chi connectivity index (χ4n) is 1.64. The molecular weight excluding hydrogens is 230 g/mol. The average molecular weight is 251 g/mol. The maximum absolute atomic E-state index is 11.9. The molecule has 0 spiro atoms. The predicted molar refractivity (Wildman–Crippen MR) is 70.6 cm³/mol. The molecule has 0 aliphatic heterocycles. The van der Waals surface area contributed by atoms with E-state index in [0.29, 0.717) is 11.5 Å². The monoisotopic (exact) mass is 251 g/mol. The Morgan fingerprint density at radius 2 is 2.00 bits per heavy atom. The summed E-state index contributed by atoms with van der Waals surface area (Å²) in [6.45, 7) is 3.67. The summed E-state index contributed by atoms with van der Waals surface area (Å²) >= 11 is 0. The Bertz CT molecular complexity index is 388. The third kappa shape index (κ3) is 3.82. The topological polar surface area (TPSA) is 69.6 Å². The molecule has 0 aliphatic carbocycles. The van der Waals surface area contributed by atoms with E-state index in [4.69, 9.17) is 10.2 Å². The minimum atomic E-state index is -0.607. The Balaban J connectivity index is 2.80. The molecule has 0 fully saturated rings. The van der Waals surface area contributed by atoms with Gasteiger partial charge < -0.3 is 15.5 Å². The summed E-state index contributed by atoms with van der Waals surface area (Å²) < 4.78 is 0. The van der Waals surface area contributed by atoms with E-state index in [1.165, 1.54) is 0 Å². The molecule has 1 rings (SSSR count). The van der Waals surface area contributed by atoms with Gasteiger partial charge in [-0.15, -0.1) is 0 Å². The van der Waals surface area contributed by atoms with Crippen molar-refractivity contribution in [1.29, 1.82) is 0 Å². The van der Waals surface area contributed by atoms with Crippen LogP contribution in [0.5, 0.6) is 0 Å². The molecule has 100 valence electrons. The van der Waals surface area contributed by atoms with Crippen molar-refractivity contribution >= 4 is 5.91 Å². The Morgan fingerprint density at radius 3 is 2.56 bits per heavy atom. The van der Waals surface area contributed by atoms with Gasteiger partial charge in [0.2, 0.25) is 0 Å². The largest absolute Gasteiger partial charge is 0.394 e. The number of amides is 1. The fraction of sp³-hybridized carbons (Fsp3) is 0.500. The first-order chi connectivity index (χ1) is 8.62. The summed E-state index contributed by atoms with van der Waals surface area (Å²) in [4.78, 5) is 11.9. The van der Waals surface area contributed by atoms with Gasteiger partial charge in [0, 0.05) is 5.56 Å². The third-order valence-electron chi connectivity index (χ3n) is 3.11. The van der Waals surface area contributed by atoms with Crippen LogP contribution in [0.15, 0.2) is 24.3 Å². The second kappa shape index (κ2) is 7.13. The minimum absolute atomic E-state index is 0.270. The van der Waals surface area contributed by atoms with Crippen LogP contribution in [0.3, 0.4) is 0 Å². The Hall–Kier alpha value is -1.39. The zero-order valence-corrected chi connectivity index (χ0v) is 10.9. The molecule has 4 heteroatoms. The van der Waals surface area contributed by atoms with Crippen molar-refractivity contribution in [3.63, 3.8) is 0 Å². The molecule has 1 unspecified atom stereocenters. The summed E-state index contributed by atoms with van der Waals surface area (Å²) in [6.07, 6.45) is 1.01. The van der Waals surface area contributed by atoms with Gasteiger partial charge in [0.15, 0.2) is 0 Å². The van der Waals surface area contributed by atoms with Crippen molar-refractivity contribution in [2.24, 2.45) is 0 Å². The van der Waals surface area contributed by atoms with Crippen molar-refractivity contribution < 1.29 is 15.0 Å². The van der Waals surface area contributed by atoms with E-state index >= 15 is 0 Å². The van der Waals surface area contributed by atoms with Gasteiger partial charge in [0.25, 0.3) is 5.91 Å². The molecule has 3 N–H and O–H groups in total. The number of rotatable bonds is 6. The number of carbonyl (C=O) groups is 1. The summed E-state index contributed by atoms with van der Waals surface area (Å²) in [5, 5.41) is 20.4. The van der Waals surface area contributed by atoms with E-state index in [1.54, 1.807) is 6.07 Å². The third-order valence-corrected chi connectivity index (χ3v) is 3.11. The molecule has 4 nitrogen and oxygen atoms in total. The zero-order valence-electron chi connectivity index (χ0n) is 10.9. The molecule has 0 bridgehead atoms. The van der Waals surface area contributed by atoms with E-state index in [0.717, 1.165) is 12.0 Å². The second-order valence-corrected chi connectivity index (χ2v) is 4.47. The number of hydrogen-bond acceptors (Lipinski definition) is 3. The van der Waals surface area contributed by atoms with Crippen molar-refractivity contribution in [2.75, 3.05) is 13.2 Å². The SMILES string of the molecule is CCC(C)c1cccc(C(=O)NC(CO)CO)c1. The number of benzene rings is 1. The molecule has 1 aromatic carbocycles. The Morgan fingerprint density at radius 1 is 1.33 bits per heavy atom. The van der Waals surface area contributed by atoms with E-state index in [1.807, 2.05) is 18.2 Å². The van der Waals surface area contributed by atoms with Crippen LogP contribution in [0.2, 0.25) is 0 Å². The molecular formula is C14H21NO3. The second-order valence-electron chi connectivity index (χ2n) is 4.47. The predicted octanol–water partition coefficient (Wildman–Crippen LogP) is 1.28. The van der Waals surface area contributed by atoms with Crippen LogP contribution < -0.4 is 5.32 Å². The minimum Gasteiger partial charge on any atom is -0.394 e. The molecule has 1 atom stereocenters. The highest BCUT2D eigenvalue weighted by atomic mass is 16.3. The maximum Gasteiger partial charge on any atom is 0.251 e. The number of nitrogens with one attached hydrogen (secondary N) is 1. The number of aliphatic hydroxyl groups is 2. The molecule has 0 saturated carbocycles. The van der Waals surface area contributed by atoms with Crippen LogP contribution in [0.4, 0.5) is 0 Å². The highest BCUT2D eigenvalue weighted by molar-refractivity contribution is 5.94. The van der Waals surface area contributed by atoms with Crippen LogP contribution in [-0.2, 0) is 0 Å². The first-order valence-corrected chi connectivity index (χ1v) is 6.24. The summed E-state index contributed by atoms with van der Waals surface area (Å²) in [6, 6.07) is 6.83. The summed E-state index contributed by atoms with van der Waals surface area (Å²) in [7, 11) is 0. The Kier molecular flexibility index (Phi) is 5.82. The number of hydrogen-bond donors (Lipinski definition) is 3. The van der Waals surface area contributed by atoms with Gasteiger partial charge in [0.05, 0.1) is 19.3 Å². The molecule has 1 amide bonds. The highest BCUT2D eigenvalue weighted by Gasteiger charge is 2.13. The van der Waals surface area contributed by atoms with Crippen molar-refractivity contribution in [3.05, 3.63) is 35.4 Å². The molecule has 0 saturated heterocycles. The van der Waals surface area contributed by atoms with E-state index < -0.39 is 6.04 Å². The number of carbonyl (C=O) groups excluding carboxylic acids is 1. The van der Waals surface area contributed by atoms with Gasteiger partial charge in [-0.05, 0) is 30.0 Å². The van der Waals surface area contributed by atoms with E-state index in [-0.39, 0.29) is 19.1 Å². The molecule has 0 radical (unpaired) electrons. The normalized spacial score (nSPS) is 12.5. The lowest BCUT2D eigenvalue weighted by Gasteiger charge is -2.15. The lowest BCUT2D eigenvalue weighted by atomic mass is 9.97. The fourth-order valence-corrected chi connectivity index (χ4v) is 1.64. The average Bonchev–Trinajstić information content (AvgIpc) is 2.43. The van der Waals surface area contributed by atoms with Gasteiger partial charge in [0.1, 0.15) is 0 Å². The van der Waals surface area contributed by atoms with Crippen LogP contribution in [0, 0.1) is 0 Å². The molecule has 0 heterocycles. The smallest absolute Gasteiger partial charge is 0.251 e. The van der Waals surface area contributed by atoms with Gasteiger partial charge in [-0.1, -0.05) is 26.0 Å². The lowest BCUT2D eigenvalue weighted by molar-refractivity contribution is 0.0879. The van der Waals surface area contributed by atoms with Crippen LogP contribution in [-0.4, -0.2) is 35.4 Å². The number of aliphatic hydroxyl groups excluding tert-OH is 2. The zero-order chi connectivity index (χ0) is 13.5. The quantitative estimate of drug-likeness (QED) is 0.713. The summed E-state index contributed by atoms with van der Waals surface area (Å²) in [5.41, 5.74) is 1.68. The summed E-state index contributed by atoms with van der Waals surface area (Å²) in [5.74, 6) is 0.137. The van der Waals surface area contributed by atoms with E-state index in [2.05, 4.69) is 19.2 Å². The van der Waals surface area contributed by atoms with Crippen LogP contribution >= 0.6 is 0 Å². The molecule has 0 aliphatic rings. The first-order valence-electron chi connectivity index (χ1n) is 6.24. The van der Waals surface area contributed by atoms with Crippen LogP contribution in [0.25, 0.3) is 0 Å². The van der Waals surface area contributed by atoms with Crippen molar-refractivity contribution in [3.8, 4) is 0 Å².